The van der Waals surface area contributed by atoms with Crippen LogP contribution in [0.5, 0.6) is 5.75 Å². The third-order valence-corrected chi connectivity index (χ3v) is 4.23. The number of nitrogens with zero attached hydrogens (tertiary/aromatic N) is 1. The summed E-state index contributed by atoms with van der Waals surface area (Å²) in [4.78, 5) is 2.14. The van der Waals surface area contributed by atoms with Crippen LogP contribution >= 0.6 is 0 Å². The minimum absolute atomic E-state index is 0.166. The molecule has 4 heteroatoms. The van der Waals surface area contributed by atoms with Gasteiger partial charge in [-0.2, -0.15) is 0 Å². The molecule has 19 heavy (non-hydrogen) atoms. The van der Waals surface area contributed by atoms with Gasteiger partial charge in [-0.05, 0) is 44.6 Å². The van der Waals surface area contributed by atoms with Gasteiger partial charge in [0.25, 0.3) is 0 Å². The number of hydrogen-bond donors (Lipinski definition) is 1. The second kappa shape index (κ2) is 6.35. The quantitative estimate of drug-likeness (QED) is 0.862. The van der Waals surface area contributed by atoms with Crippen LogP contribution in [0.2, 0.25) is 0 Å². The molecule has 0 aromatic heterocycles. The van der Waals surface area contributed by atoms with E-state index in [1.54, 1.807) is 6.07 Å². The number of likely N-dealkylation sites (N-methyl/N-ethyl adjacent to an activating group) is 1. The molecule has 0 saturated carbocycles. The Labute approximate surface area is 115 Å². The zero-order valence-corrected chi connectivity index (χ0v) is 12.5. The number of halogens is 1. The molecule has 1 rings (SSSR count). The second-order valence-electron chi connectivity index (χ2n) is 5.08. The highest BCUT2D eigenvalue weighted by molar-refractivity contribution is 5.32. The maximum absolute atomic E-state index is 13.8. The van der Waals surface area contributed by atoms with Crippen molar-refractivity contribution in [3.05, 3.63) is 29.6 Å². The molecule has 1 aromatic rings. The first-order chi connectivity index (χ1) is 8.92. The molecule has 3 nitrogen and oxygen atoms in total. The van der Waals surface area contributed by atoms with Gasteiger partial charge in [-0.3, -0.25) is 0 Å². The summed E-state index contributed by atoms with van der Waals surface area (Å²) < 4.78 is 18.8. The van der Waals surface area contributed by atoms with E-state index in [-0.39, 0.29) is 23.1 Å². The van der Waals surface area contributed by atoms with E-state index in [2.05, 4.69) is 18.7 Å². The molecule has 0 aliphatic rings. The zero-order chi connectivity index (χ0) is 14.6. The topological polar surface area (TPSA) is 38.5 Å². The summed E-state index contributed by atoms with van der Waals surface area (Å²) in [5.41, 5.74) is 7.04. The first kappa shape index (κ1) is 15.9. The fourth-order valence-electron chi connectivity index (χ4n) is 2.79. The Morgan fingerprint density at radius 1 is 1.32 bits per heavy atom. The van der Waals surface area contributed by atoms with Crippen molar-refractivity contribution in [2.24, 2.45) is 5.73 Å². The monoisotopic (exact) mass is 268 g/mol. The predicted octanol–water partition coefficient (Wildman–Crippen LogP) is 2.95. The molecule has 1 unspecified atom stereocenters. The van der Waals surface area contributed by atoms with Crippen molar-refractivity contribution >= 4 is 0 Å². The number of hydrogen-bond acceptors (Lipinski definition) is 3. The summed E-state index contributed by atoms with van der Waals surface area (Å²) in [5.74, 6) is -0.116. The van der Waals surface area contributed by atoms with E-state index in [9.17, 15) is 4.39 Å². The van der Waals surface area contributed by atoms with Gasteiger partial charge in [0.15, 0.2) is 11.6 Å². The average Bonchev–Trinajstić information content (AvgIpc) is 2.40. The van der Waals surface area contributed by atoms with Gasteiger partial charge in [-0.15, -0.1) is 0 Å². The van der Waals surface area contributed by atoms with Crippen LogP contribution in [0.4, 0.5) is 4.39 Å². The maximum Gasteiger partial charge on any atom is 0.165 e. The number of nitrogens with two attached hydrogens (primary N) is 1. The fraction of sp³-hybridized carbons (Fsp3) is 0.600. The highest BCUT2D eigenvalue weighted by Gasteiger charge is 2.36. The van der Waals surface area contributed by atoms with Crippen molar-refractivity contribution in [3.63, 3.8) is 0 Å². The number of ether oxygens (including phenoxy) is 1. The van der Waals surface area contributed by atoms with Crippen molar-refractivity contribution in [1.82, 2.24) is 4.90 Å². The van der Waals surface area contributed by atoms with Gasteiger partial charge in [0.1, 0.15) is 0 Å². The SMILES string of the molecule is CCC(CC)(C(N)c1ccc(OC)c(F)c1)N(C)C. The molecule has 0 bridgehead atoms. The second-order valence-corrected chi connectivity index (χ2v) is 5.08. The van der Waals surface area contributed by atoms with Gasteiger partial charge in [-0.25, -0.2) is 4.39 Å². The van der Waals surface area contributed by atoms with Crippen molar-refractivity contribution in [3.8, 4) is 5.75 Å². The largest absolute Gasteiger partial charge is 0.494 e. The Morgan fingerprint density at radius 2 is 1.89 bits per heavy atom. The Balaban J connectivity index is 3.17. The van der Waals surface area contributed by atoms with Gasteiger partial charge in [0.2, 0.25) is 0 Å². The first-order valence-electron chi connectivity index (χ1n) is 6.69. The summed E-state index contributed by atoms with van der Waals surface area (Å²) in [5, 5.41) is 0. The summed E-state index contributed by atoms with van der Waals surface area (Å²) in [6.45, 7) is 4.23. The smallest absolute Gasteiger partial charge is 0.165 e. The van der Waals surface area contributed by atoms with E-state index in [1.165, 1.54) is 13.2 Å². The highest BCUT2D eigenvalue weighted by Crippen LogP contribution is 2.35. The van der Waals surface area contributed by atoms with E-state index in [0.29, 0.717) is 0 Å². The van der Waals surface area contributed by atoms with E-state index in [0.717, 1.165) is 18.4 Å². The van der Waals surface area contributed by atoms with Crippen LogP contribution in [0, 0.1) is 5.82 Å². The molecule has 0 saturated heterocycles. The summed E-state index contributed by atoms with van der Waals surface area (Å²) >= 11 is 0. The molecule has 0 radical (unpaired) electrons. The lowest BCUT2D eigenvalue weighted by atomic mass is 9.80. The van der Waals surface area contributed by atoms with Crippen molar-refractivity contribution in [2.45, 2.75) is 38.3 Å². The van der Waals surface area contributed by atoms with E-state index < -0.39 is 0 Å². The molecule has 0 aliphatic carbocycles. The standard InChI is InChI=1S/C15H25FN2O/c1-6-15(7-2,18(3)4)14(17)11-8-9-13(19-5)12(16)10-11/h8-10,14H,6-7,17H2,1-5H3. The molecule has 0 spiro atoms. The summed E-state index contributed by atoms with van der Waals surface area (Å²) in [6, 6.07) is 4.72. The molecule has 0 fully saturated rings. The van der Waals surface area contributed by atoms with Crippen LogP contribution in [0.1, 0.15) is 38.3 Å². The molecule has 1 aromatic carbocycles. The minimum atomic E-state index is -0.365. The Kier molecular flexibility index (Phi) is 5.32. The van der Waals surface area contributed by atoms with Crippen molar-refractivity contribution in [2.75, 3.05) is 21.2 Å². The van der Waals surface area contributed by atoms with Crippen LogP contribution in [-0.4, -0.2) is 31.6 Å². The van der Waals surface area contributed by atoms with E-state index in [1.807, 2.05) is 20.2 Å². The molecular weight excluding hydrogens is 243 g/mol. The van der Waals surface area contributed by atoms with Crippen LogP contribution in [0.25, 0.3) is 0 Å². The van der Waals surface area contributed by atoms with Crippen LogP contribution in [0.3, 0.4) is 0 Å². The van der Waals surface area contributed by atoms with E-state index in [4.69, 9.17) is 10.5 Å². The molecule has 0 amide bonds. The van der Waals surface area contributed by atoms with Gasteiger partial charge < -0.3 is 15.4 Å². The van der Waals surface area contributed by atoms with Gasteiger partial charge in [0, 0.05) is 11.6 Å². The minimum Gasteiger partial charge on any atom is -0.494 e. The van der Waals surface area contributed by atoms with Crippen molar-refractivity contribution in [1.29, 1.82) is 0 Å². The van der Waals surface area contributed by atoms with Crippen LogP contribution < -0.4 is 10.5 Å². The van der Waals surface area contributed by atoms with Crippen LogP contribution in [0.15, 0.2) is 18.2 Å². The molecule has 108 valence electrons. The lowest BCUT2D eigenvalue weighted by molar-refractivity contribution is 0.106. The molecule has 0 aliphatic heterocycles. The molecule has 0 heterocycles. The van der Waals surface area contributed by atoms with Gasteiger partial charge in [-0.1, -0.05) is 19.9 Å². The third kappa shape index (κ3) is 2.90. The zero-order valence-electron chi connectivity index (χ0n) is 12.5. The lowest BCUT2D eigenvalue weighted by Gasteiger charge is -2.43. The first-order valence-corrected chi connectivity index (χ1v) is 6.69. The predicted molar refractivity (Wildman–Crippen MR) is 76.9 cm³/mol. The average molecular weight is 268 g/mol. The van der Waals surface area contributed by atoms with Gasteiger partial charge in [0.05, 0.1) is 7.11 Å². The highest BCUT2D eigenvalue weighted by atomic mass is 19.1. The van der Waals surface area contributed by atoms with E-state index >= 15 is 0 Å². The molecule has 1 atom stereocenters. The Bertz CT molecular complexity index is 417. The molecule has 2 N–H and O–H groups in total. The van der Waals surface area contributed by atoms with Gasteiger partial charge >= 0.3 is 0 Å². The van der Waals surface area contributed by atoms with Crippen molar-refractivity contribution < 1.29 is 9.13 Å². The number of benzene rings is 1. The summed E-state index contributed by atoms with van der Waals surface area (Å²) in [6.07, 6.45) is 1.82. The maximum atomic E-state index is 13.8. The fourth-order valence-corrected chi connectivity index (χ4v) is 2.79. The normalized spacial score (nSPS) is 13.7. The number of rotatable bonds is 6. The molecular formula is C15H25FN2O. The van der Waals surface area contributed by atoms with Crippen LogP contribution in [-0.2, 0) is 0 Å². The third-order valence-electron chi connectivity index (χ3n) is 4.23. The lowest BCUT2D eigenvalue weighted by Crippen LogP contribution is -2.51. The Hall–Kier alpha value is -1.13. The number of methoxy groups -OCH3 is 1. The summed E-state index contributed by atoms with van der Waals surface area (Å²) in [7, 11) is 5.50. The Morgan fingerprint density at radius 3 is 2.26 bits per heavy atom.